The topological polar surface area (TPSA) is 85.0 Å². The molecule has 3 aromatic rings. The number of methoxy groups -OCH3 is 1. The van der Waals surface area contributed by atoms with Crippen LogP contribution in [0.25, 0.3) is 11.1 Å². The van der Waals surface area contributed by atoms with Crippen molar-refractivity contribution in [3.05, 3.63) is 58.4 Å². The maximum absolute atomic E-state index is 13.9. The number of carbonyl (C=O) groups excluding carboxylic acids is 1. The van der Waals surface area contributed by atoms with Crippen molar-refractivity contribution >= 4 is 28.6 Å². The molecule has 34 heavy (non-hydrogen) atoms. The predicted octanol–water partition coefficient (Wildman–Crippen LogP) is 4.40. The number of rotatable bonds is 8. The summed E-state index contributed by atoms with van der Waals surface area (Å²) in [7, 11) is 1.49. The van der Waals surface area contributed by atoms with E-state index in [9.17, 15) is 14.3 Å². The number of hydrogen-bond acceptors (Lipinski definition) is 6. The van der Waals surface area contributed by atoms with Crippen molar-refractivity contribution in [2.24, 2.45) is 0 Å². The Kier molecular flexibility index (Phi) is 7.70. The van der Waals surface area contributed by atoms with Crippen LogP contribution in [-0.4, -0.2) is 66.6 Å². The summed E-state index contributed by atoms with van der Waals surface area (Å²) in [6.45, 7) is 2.07. The van der Waals surface area contributed by atoms with Gasteiger partial charge in [-0.1, -0.05) is 23.7 Å². The highest BCUT2D eigenvalue weighted by Gasteiger charge is 2.31. The van der Waals surface area contributed by atoms with Crippen molar-refractivity contribution in [1.29, 1.82) is 0 Å². The van der Waals surface area contributed by atoms with Crippen LogP contribution in [0.5, 0.6) is 5.75 Å². The van der Waals surface area contributed by atoms with E-state index in [1.807, 2.05) is 13.0 Å². The third kappa shape index (κ3) is 5.19. The molecule has 1 fully saturated rings. The molecule has 0 bridgehead atoms. The largest absolute Gasteiger partial charge is 0.493 e. The fraction of sp³-hybridized carbons (Fsp3) is 0.440. The lowest BCUT2D eigenvalue weighted by Crippen LogP contribution is -2.51. The van der Waals surface area contributed by atoms with Gasteiger partial charge in [-0.2, -0.15) is 0 Å². The monoisotopic (exact) mass is 490 g/mol. The lowest BCUT2D eigenvalue weighted by Gasteiger charge is -2.38. The van der Waals surface area contributed by atoms with Crippen LogP contribution in [0.15, 0.2) is 40.8 Å². The molecule has 0 spiro atoms. The van der Waals surface area contributed by atoms with Gasteiger partial charge in [0.15, 0.2) is 17.2 Å². The van der Waals surface area contributed by atoms with Gasteiger partial charge in [0.25, 0.3) is 5.91 Å². The molecule has 1 aliphatic rings. The van der Waals surface area contributed by atoms with Gasteiger partial charge in [0, 0.05) is 36.1 Å². The zero-order valence-corrected chi connectivity index (χ0v) is 19.9. The number of alkyl halides is 1. The lowest BCUT2D eigenvalue weighted by molar-refractivity contribution is -0.0486. The first kappa shape index (κ1) is 24.4. The zero-order valence-electron chi connectivity index (χ0n) is 19.2. The van der Waals surface area contributed by atoms with Gasteiger partial charge in [-0.05, 0) is 43.2 Å². The summed E-state index contributed by atoms with van der Waals surface area (Å²) in [5.74, 6) is 0.0599. The van der Waals surface area contributed by atoms with Crippen molar-refractivity contribution in [2.45, 2.75) is 37.8 Å². The molecule has 9 heteroatoms. The van der Waals surface area contributed by atoms with E-state index in [-0.39, 0.29) is 31.1 Å². The van der Waals surface area contributed by atoms with Gasteiger partial charge >= 0.3 is 0 Å². The standard InChI is InChI=1S/C25H28ClFN2O5/c1-15-13-29(20(6-7-30)14-33-15)25(31)17-9-21-24(22(10-17)32-2)34-23(28-21)11-18(12-27)16-4-3-5-19(26)8-16/h3-5,8-10,15,18,20,30H,6-7,11-14H2,1-2H3/t15-,18+,20-/m0/s1. The molecular weight excluding hydrogens is 463 g/mol. The number of amides is 1. The summed E-state index contributed by atoms with van der Waals surface area (Å²) in [4.78, 5) is 19.7. The number of aromatic nitrogens is 1. The summed E-state index contributed by atoms with van der Waals surface area (Å²) in [6.07, 6.45) is 0.560. The molecule has 7 nitrogen and oxygen atoms in total. The van der Waals surface area contributed by atoms with Gasteiger partial charge in [-0.25, -0.2) is 4.98 Å². The van der Waals surface area contributed by atoms with E-state index in [1.165, 1.54) is 7.11 Å². The third-order valence-corrected chi connectivity index (χ3v) is 6.32. The Bertz CT molecular complexity index is 1150. The van der Waals surface area contributed by atoms with Crippen molar-refractivity contribution in [3.8, 4) is 5.75 Å². The Morgan fingerprint density at radius 3 is 2.91 bits per heavy atom. The van der Waals surface area contributed by atoms with Crippen molar-refractivity contribution < 1.29 is 28.2 Å². The van der Waals surface area contributed by atoms with Gasteiger partial charge in [0.1, 0.15) is 5.52 Å². The maximum Gasteiger partial charge on any atom is 0.254 e. The molecule has 0 radical (unpaired) electrons. The van der Waals surface area contributed by atoms with Gasteiger partial charge in [-0.3, -0.25) is 9.18 Å². The average Bonchev–Trinajstić information content (AvgIpc) is 3.25. The highest BCUT2D eigenvalue weighted by atomic mass is 35.5. The fourth-order valence-electron chi connectivity index (χ4n) is 4.29. The molecule has 1 amide bonds. The fourth-order valence-corrected chi connectivity index (χ4v) is 4.49. The SMILES string of the molecule is COc1cc(C(=O)N2C[C@H](C)OC[C@@H]2CCO)cc2nc(C[C@H](CF)c3cccc(Cl)c3)oc12. The van der Waals surface area contributed by atoms with E-state index < -0.39 is 12.6 Å². The smallest absolute Gasteiger partial charge is 0.254 e. The van der Waals surface area contributed by atoms with Crippen molar-refractivity contribution in [2.75, 3.05) is 33.5 Å². The molecule has 4 rings (SSSR count). The number of fused-ring (bicyclic) bond motifs is 1. The van der Waals surface area contributed by atoms with Crippen LogP contribution < -0.4 is 4.74 Å². The molecule has 182 valence electrons. The van der Waals surface area contributed by atoms with Crippen molar-refractivity contribution in [3.63, 3.8) is 0 Å². The van der Waals surface area contributed by atoms with E-state index >= 15 is 0 Å². The number of ether oxygens (including phenoxy) is 2. The van der Waals surface area contributed by atoms with Crippen LogP contribution >= 0.6 is 11.6 Å². The second-order valence-electron chi connectivity index (χ2n) is 8.51. The Morgan fingerprint density at radius 1 is 1.38 bits per heavy atom. The van der Waals surface area contributed by atoms with E-state index in [1.54, 1.807) is 35.2 Å². The van der Waals surface area contributed by atoms with E-state index in [0.717, 1.165) is 5.56 Å². The summed E-state index contributed by atoms with van der Waals surface area (Å²) in [6, 6.07) is 10.1. The molecule has 2 aromatic carbocycles. The number of nitrogens with zero attached hydrogens (tertiary/aromatic N) is 2. The van der Waals surface area contributed by atoms with Gasteiger partial charge < -0.3 is 23.9 Å². The molecule has 1 N–H and O–H groups in total. The number of aliphatic hydroxyl groups excluding tert-OH is 1. The number of oxazole rings is 1. The minimum absolute atomic E-state index is 0.0381. The number of halogens is 2. The van der Waals surface area contributed by atoms with Crippen LogP contribution in [0.1, 0.15) is 41.1 Å². The number of carbonyl (C=O) groups is 1. The first-order chi connectivity index (χ1) is 16.4. The quantitative estimate of drug-likeness (QED) is 0.504. The molecule has 1 saturated heterocycles. The number of hydrogen-bond donors (Lipinski definition) is 1. The van der Waals surface area contributed by atoms with Crippen LogP contribution in [0.3, 0.4) is 0 Å². The maximum atomic E-state index is 13.9. The van der Waals surface area contributed by atoms with Gasteiger partial charge in [-0.15, -0.1) is 0 Å². The third-order valence-electron chi connectivity index (χ3n) is 6.09. The molecule has 0 aliphatic carbocycles. The summed E-state index contributed by atoms with van der Waals surface area (Å²) in [5.41, 5.74) is 2.02. The van der Waals surface area contributed by atoms with Gasteiger partial charge in [0.05, 0.1) is 32.5 Å². The summed E-state index contributed by atoms with van der Waals surface area (Å²) in [5, 5.41) is 9.94. The normalized spacial score (nSPS) is 19.4. The Balaban J connectivity index is 1.64. The van der Waals surface area contributed by atoms with E-state index in [0.29, 0.717) is 52.9 Å². The Morgan fingerprint density at radius 2 is 2.21 bits per heavy atom. The Labute approximate surface area is 202 Å². The number of aliphatic hydroxyl groups is 1. The Hall–Kier alpha value is -2.68. The molecule has 0 saturated carbocycles. The number of morpholine rings is 1. The van der Waals surface area contributed by atoms with Crippen LogP contribution in [0.4, 0.5) is 4.39 Å². The summed E-state index contributed by atoms with van der Waals surface area (Å²) < 4.78 is 30.9. The first-order valence-corrected chi connectivity index (χ1v) is 11.6. The molecular formula is C25H28ClFN2O5. The molecule has 1 aromatic heterocycles. The molecule has 1 aliphatic heterocycles. The molecule has 2 heterocycles. The van der Waals surface area contributed by atoms with Crippen LogP contribution in [-0.2, 0) is 11.2 Å². The van der Waals surface area contributed by atoms with Crippen molar-refractivity contribution in [1.82, 2.24) is 9.88 Å². The average molecular weight is 491 g/mol. The highest BCUT2D eigenvalue weighted by molar-refractivity contribution is 6.30. The second-order valence-corrected chi connectivity index (χ2v) is 8.95. The minimum Gasteiger partial charge on any atom is -0.493 e. The lowest BCUT2D eigenvalue weighted by atomic mass is 9.97. The van der Waals surface area contributed by atoms with Crippen LogP contribution in [0.2, 0.25) is 5.02 Å². The number of benzene rings is 2. The zero-order chi connectivity index (χ0) is 24.2. The first-order valence-electron chi connectivity index (χ1n) is 11.3. The molecule has 3 atom stereocenters. The van der Waals surface area contributed by atoms with E-state index in [4.69, 9.17) is 25.5 Å². The molecule has 0 unspecified atom stereocenters. The predicted molar refractivity (Wildman–Crippen MR) is 126 cm³/mol. The minimum atomic E-state index is -0.596. The highest BCUT2D eigenvalue weighted by Crippen LogP contribution is 2.32. The second kappa shape index (κ2) is 10.7. The summed E-state index contributed by atoms with van der Waals surface area (Å²) >= 11 is 6.07. The van der Waals surface area contributed by atoms with Gasteiger partial charge in [0.2, 0.25) is 0 Å². The van der Waals surface area contributed by atoms with E-state index in [2.05, 4.69) is 4.98 Å². The van der Waals surface area contributed by atoms with Crippen LogP contribution in [0, 0.1) is 0 Å².